The molecule has 0 saturated heterocycles. The maximum atomic E-state index is 12.0. The van der Waals surface area contributed by atoms with E-state index in [1.54, 1.807) is 23.9 Å². The molecule has 2 aromatic carbocycles. The van der Waals surface area contributed by atoms with Crippen molar-refractivity contribution in [3.63, 3.8) is 0 Å². The van der Waals surface area contributed by atoms with Crippen molar-refractivity contribution in [1.29, 1.82) is 0 Å². The fraction of sp³-hybridized carbons (Fsp3) is 0.263. The third kappa shape index (κ3) is 6.28. The van der Waals surface area contributed by atoms with Crippen LogP contribution in [0.25, 0.3) is 0 Å². The second kappa shape index (κ2) is 10.1. The second-order valence-corrected chi connectivity index (χ2v) is 7.00. The molecule has 26 heavy (non-hydrogen) atoms. The van der Waals surface area contributed by atoms with Crippen molar-refractivity contribution in [2.24, 2.45) is 0 Å². The molecule has 2 aromatic rings. The van der Waals surface area contributed by atoms with Crippen molar-refractivity contribution >= 4 is 40.9 Å². The van der Waals surface area contributed by atoms with Gasteiger partial charge in [-0.3, -0.25) is 9.59 Å². The minimum Gasteiger partial charge on any atom is -0.495 e. The van der Waals surface area contributed by atoms with Crippen molar-refractivity contribution in [2.45, 2.75) is 18.2 Å². The van der Waals surface area contributed by atoms with E-state index >= 15 is 0 Å². The molecule has 2 rings (SSSR count). The van der Waals surface area contributed by atoms with Gasteiger partial charge in [-0.15, -0.1) is 11.8 Å². The quantitative estimate of drug-likeness (QED) is 0.534. The number of rotatable bonds is 8. The largest absolute Gasteiger partial charge is 0.495 e. The lowest BCUT2D eigenvalue weighted by molar-refractivity contribution is -0.146. The van der Waals surface area contributed by atoms with Gasteiger partial charge in [0.1, 0.15) is 5.75 Å². The van der Waals surface area contributed by atoms with Crippen LogP contribution in [0.2, 0.25) is 5.02 Å². The normalized spacial score (nSPS) is 10.3. The number of aryl methyl sites for hydroxylation is 1. The Balaban J connectivity index is 1.76. The second-order valence-electron chi connectivity index (χ2n) is 5.42. The van der Waals surface area contributed by atoms with Crippen LogP contribution in [-0.4, -0.2) is 31.3 Å². The van der Waals surface area contributed by atoms with Gasteiger partial charge in [-0.1, -0.05) is 29.8 Å². The lowest BCUT2D eigenvalue weighted by Gasteiger charge is -2.12. The van der Waals surface area contributed by atoms with Gasteiger partial charge in [-0.05, 0) is 30.7 Å². The summed E-state index contributed by atoms with van der Waals surface area (Å²) >= 11 is 7.60. The number of carbonyl (C=O) groups excluding carboxylic acids is 2. The summed E-state index contributed by atoms with van der Waals surface area (Å²) in [6.07, 6.45) is 0.232. The predicted octanol–water partition coefficient (Wildman–Crippen LogP) is 4.32. The van der Waals surface area contributed by atoms with E-state index in [4.69, 9.17) is 21.1 Å². The van der Waals surface area contributed by atoms with Gasteiger partial charge in [0.15, 0.2) is 6.61 Å². The number of hydrogen-bond acceptors (Lipinski definition) is 5. The Morgan fingerprint density at radius 3 is 2.62 bits per heavy atom. The Morgan fingerprint density at radius 2 is 1.92 bits per heavy atom. The average molecular weight is 394 g/mol. The van der Waals surface area contributed by atoms with Crippen LogP contribution in [0.5, 0.6) is 5.75 Å². The van der Waals surface area contributed by atoms with Crippen LogP contribution in [0.4, 0.5) is 5.69 Å². The summed E-state index contributed by atoms with van der Waals surface area (Å²) in [4.78, 5) is 24.8. The number of benzene rings is 2. The van der Waals surface area contributed by atoms with E-state index in [9.17, 15) is 9.59 Å². The van der Waals surface area contributed by atoms with E-state index in [1.807, 2.05) is 37.3 Å². The molecule has 7 heteroatoms. The van der Waals surface area contributed by atoms with Crippen molar-refractivity contribution in [3.8, 4) is 5.75 Å². The van der Waals surface area contributed by atoms with Crippen LogP contribution in [0.1, 0.15) is 12.0 Å². The maximum Gasteiger partial charge on any atom is 0.307 e. The zero-order valence-electron chi connectivity index (χ0n) is 14.6. The first-order chi connectivity index (χ1) is 12.5. The molecule has 0 fully saturated rings. The van der Waals surface area contributed by atoms with Gasteiger partial charge < -0.3 is 14.8 Å². The molecule has 5 nitrogen and oxygen atoms in total. The average Bonchev–Trinajstić information content (AvgIpc) is 2.63. The number of halogens is 1. The maximum absolute atomic E-state index is 12.0. The van der Waals surface area contributed by atoms with Crippen molar-refractivity contribution in [2.75, 3.05) is 24.8 Å². The van der Waals surface area contributed by atoms with E-state index in [0.29, 0.717) is 22.2 Å². The number of ether oxygens (including phenoxy) is 2. The minimum absolute atomic E-state index is 0.232. The monoisotopic (exact) mass is 393 g/mol. The summed E-state index contributed by atoms with van der Waals surface area (Å²) in [5.41, 5.74) is 1.28. The van der Waals surface area contributed by atoms with Gasteiger partial charge in [-0.25, -0.2) is 0 Å². The highest BCUT2D eigenvalue weighted by molar-refractivity contribution is 7.99. The Kier molecular flexibility index (Phi) is 7.81. The summed E-state index contributed by atoms with van der Waals surface area (Å²) in [7, 11) is 1.49. The molecule has 0 spiro atoms. The van der Waals surface area contributed by atoms with E-state index in [2.05, 4.69) is 5.32 Å². The van der Waals surface area contributed by atoms with Gasteiger partial charge >= 0.3 is 5.97 Å². The molecule has 0 aliphatic carbocycles. The van der Waals surface area contributed by atoms with Gasteiger partial charge in [0.2, 0.25) is 0 Å². The van der Waals surface area contributed by atoms with Gasteiger partial charge in [0.05, 0.1) is 19.2 Å². The zero-order valence-corrected chi connectivity index (χ0v) is 16.2. The molecule has 1 amide bonds. The van der Waals surface area contributed by atoms with Crippen LogP contribution >= 0.6 is 23.4 Å². The molecule has 0 atom stereocenters. The van der Waals surface area contributed by atoms with E-state index in [0.717, 1.165) is 10.5 Å². The molecular formula is C19H20ClNO4S. The molecule has 0 saturated carbocycles. The Bertz CT molecular complexity index is 768. The summed E-state index contributed by atoms with van der Waals surface area (Å²) < 4.78 is 10.2. The number of thioether (sulfide) groups is 1. The van der Waals surface area contributed by atoms with Crippen molar-refractivity contribution < 1.29 is 19.1 Å². The Hall–Kier alpha value is -2.18. The first-order valence-corrected chi connectivity index (χ1v) is 9.33. The predicted molar refractivity (Wildman–Crippen MR) is 104 cm³/mol. The first-order valence-electron chi connectivity index (χ1n) is 7.97. The summed E-state index contributed by atoms with van der Waals surface area (Å²) in [6.45, 7) is 1.47. The number of amides is 1. The van der Waals surface area contributed by atoms with Gasteiger partial charge in [-0.2, -0.15) is 0 Å². The van der Waals surface area contributed by atoms with Gasteiger partial charge in [0.25, 0.3) is 5.91 Å². The lowest BCUT2D eigenvalue weighted by atomic mass is 10.2. The molecule has 0 unspecified atom stereocenters. The molecule has 138 valence electrons. The number of hydrogen-bond donors (Lipinski definition) is 1. The fourth-order valence-electron chi connectivity index (χ4n) is 2.10. The number of carbonyl (C=O) groups is 2. The summed E-state index contributed by atoms with van der Waals surface area (Å²) in [5, 5.41) is 3.21. The van der Waals surface area contributed by atoms with Crippen molar-refractivity contribution in [1.82, 2.24) is 0 Å². The summed E-state index contributed by atoms with van der Waals surface area (Å²) in [6, 6.07) is 13.1. The third-order valence-corrected chi connectivity index (χ3v) is 4.86. The lowest BCUT2D eigenvalue weighted by Crippen LogP contribution is -2.21. The molecule has 1 N–H and O–H groups in total. The number of esters is 1. The smallest absolute Gasteiger partial charge is 0.307 e. The first kappa shape index (κ1) is 20.1. The van der Waals surface area contributed by atoms with Crippen LogP contribution in [0.15, 0.2) is 47.4 Å². The van der Waals surface area contributed by atoms with Gasteiger partial charge in [0, 0.05) is 21.7 Å². The van der Waals surface area contributed by atoms with Crippen LogP contribution in [-0.2, 0) is 14.3 Å². The molecule has 0 radical (unpaired) electrons. The molecular weight excluding hydrogens is 374 g/mol. The molecule has 0 aliphatic rings. The van der Waals surface area contributed by atoms with Crippen LogP contribution < -0.4 is 10.1 Å². The van der Waals surface area contributed by atoms with E-state index < -0.39 is 11.9 Å². The molecule has 0 aromatic heterocycles. The standard InChI is InChI=1S/C19H20ClNO4S/c1-13-10-16(17(24-2)11-15(13)20)21-18(22)12-25-19(23)8-9-26-14-6-4-3-5-7-14/h3-7,10-11H,8-9,12H2,1-2H3,(H,21,22). The third-order valence-electron chi connectivity index (χ3n) is 3.44. The number of anilines is 1. The summed E-state index contributed by atoms with van der Waals surface area (Å²) in [5.74, 6) is 0.186. The molecule has 0 heterocycles. The number of methoxy groups -OCH3 is 1. The van der Waals surface area contributed by atoms with Crippen molar-refractivity contribution in [3.05, 3.63) is 53.1 Å². The zero-order chi connectivity index (χ0) is 18.9. The van der Waals surface area contributed by atoms with Crippen LogP contribution in [0.3, 0.4) is 0 Å². The van der Waals surface area contributed by atoms with Crippen LogP contribution in [0, 0.1) is 6.92 Å². The van der Waals surface area contributed by atoms with E-state index in [1.165, 1.54) is 7.11 Å². The minimum atomic E-state index is -0.436. The SMILES string of the molecule is COc1cc(Cl)c(C)cc1NC(=O)COC(=O)CCSc1ccccc1. The highest BCUT2D eigenvalue weighted by atomic mass is 35.5. The highest BCUT2D eigenvalue weighted by Crippen LogP contribution is 2.30. The Labute approximate surface area is 162 Å². The fourth-order valence-corrected chi connectivity index (χ4v) is 3.11. The Morgan fingerprint density at radius 1 is 1.19 bits per heavy atom. The topological polar surface area (TPSA) is 64.6 Å². The highest BCUT2D eigenvalue weighted by Gasteiger charge is 2.12. The number of nitrogens with one attached hydrogen (secondary N) is 1. The molecule has 0 bridgehead atoms. The van der Waals surface area contributed by atoms with E-state index in [-0.39, 0.29) is 13.0 Å². The molecule has 0 aliphatic heterocycles.